The monoisotopic (exact) mass is 370 g/mol. The van der Waals surface area contributed by atoms with Crippen LogP contribution < -0.4 is 10.6 Å². The van der Waals surface area contributed by atoms with E-state index in [2.05, 4.69) is 46.1 Å². The zero-order chi connectivity index (χ0) is 18.0. The molecule has 2 fully saturated rings. The van der Waals surface area contributed by atoms with Crippen molar-refractivity contribution in [1.82, 2.24) is 15.5 Å². The second kappa shape index (κ2) is 11.3. The molecule has 0 radical (unpaired) electrons. The Bertz CT molecular complexity index is 385. The predicted octanol–water partition coefficient (Wildman–Crippen LogP) is 2.58. The first-order valence-corrected chi connectivity index (χ1v) is 11.0. The molecule has 0 bridgehead atoms. The SMILES string of the molecule is CCSC1(CNC(=NC)NCCCN2CCC(C)CC2)CCOCC1. The summed E-state index contributed by atoms with van der Waals surface area (Å²) in [4.78, 5) is 7.00. The number of piperidine rings is 1. The molecule has 2 rings (SSSR count). The van der Waals surface area contributed by atoms with Crippen molar-refractivity contribution in [3.8, 4) is 0 Å². The Hall–Kier alpha value is -0.460. The molecule has 2 aliphatic rings. The van der Waals surface area contributed by atoms with Gasteiger partial charge in [-0.2, -0.15) is 11.8 Å². The summed E-state index contributed by atoms with van der Waals surface area (Å²) in [5.41, 5.74) is 0. The van der Waals surface area contributed by atoms with E-state index < -0.39 is 0 Å². The smallest absolute Gasteiger partial charge is 0.191 e. The maximum atomic E-state index is 5.56. The number of rotatable bonds is 8. The molecule has 2 N–H and O–H groups in total. The summed E-state index contributed by atoms with van der Waals surface area (Å²) in [6.45, 7) is 12.1. The van der Waals surface area contributed by atoms with E-state index in [9.17, 15) is 0 Å². The van der Waals surface area contributed by atoms with Gasteiger partial charge in [0.2, 0.25) is 0 Å². The highest BCUT2D eigenvalue weighted by molar-refractivity contribution is 8.00. The van der Waals surface area contributed by atoms with Gasteiger partial charge in [-0.3, -0.25) is 4.99 Å². The summed E-state index contributed by atoms with van der Waals surface area (Å²) >= 11 is 2.07. The summed E-state index contributed by atoms with van der Waals surface area (Å²) in [5.74, 6) is 3.01. The third-order valence-corrected chi connectivity index (χ3v) is 6.93. The van der Waals surface area contributed by atoms with Crippen LogP contribution in [0, 0.1) is 5.92 Å². The molecule has 5 nitrogen and oxygen atoms in total. The van der Waals surface area contributed by atoms with Crippen molar-refractivity contribution in [3.05, 3.63) is 0 Å². The minimum Gasteiger partial charge on any atom is -0.381 e. The molecule has 0 aromatic carbocycles. The van der Waals surface area contributed by atoms with Gasteiger partial charge in [0.1, 0.15) is 0 Å². The van der Waals surface area contributed by atoms with Gasteiger partial charge in [0, 0.05) is 38.1 Å². The van der Waals surface area contributed by atoms with Crippen LogP contribution in [0.2, 0.25) is 0 Å². The maximum Gasteiger partial charge on any atom is 0.191 e. The van der Waals surface area contributed by atoms with Crippen LogP contribution in [0.3, 0.4) is 0 Å². The number of likely N-dealkylation sites (tertiary alicyclic amines) is 1. The fourth-order valence-corrected chi connectivity index (χ4v) is 4.92. The highest BCUT2D eigenvalue weighted by atomic mass is 32.2. The van der Waals surface area contributed by atoms with Crippen LogP contribution in [0.1, 0.15) is 46.0 Å². The Morgan fingerprint density at radius 3 is 2.60 bits per heavy atom. The van der Waals surface area contributed by atoms with Gasteiger partial charge in [0.15, 0.2) is 5.96 Å². The molecule has 2 heterocycles. The minimum absolute atomic E-state index is 0.301. The third kappa shape index (κ3) is 7.35. The van der Waals surface area contributed by atoms with Crippen molar-refractivity contribution in [3.63, 3.8) is 0 Å². The number of hydrogen-bond acceptors (Lipinski definition) is 4. The molecule has 0 atom stereocenters. The highest BCUT2D eigenvalue weighted by Crippen LogP contribution is 2.34. The number of ether oxygens (including phenoxy) is 1. The number of nitrogens with one attached hydrogen (secondary N) is 2. The van der Waals surface area contributed by atoms with E-state index in [0.29, 0.717) is 4.75 Å². The van der Waals surface area contributed by atoms with E-state index in [0.717, 1.165) is 56.8 Å². The van der Waals surface area contributed by atoms with E-state index in [4.69, 9.17) is 4.74 Å². The van der Waals surface area contributed by atoms with Crippen molar-refractivity contribution in [1.29, 1.82) is 0 Å². The summed E-state index contributed by atoms with van der Waals surface area (Å²) in [7, 11) is 1.87. The Labute approximate surface area is 158 Å². The molecule has 2 saturated heterocycles. The fourth-order valence-electron chi connectivity index (χ4n) is 3.68. The van der Waals surface area contributed by atoms with E-state index in [1.165, 1.54) is 38.9 Å². The Kier molecular flexibility index (Phi) is 9.42. The van der Waals surface area contributed by atoms with Gasteiger partial charge in [0.25, 0.3) is 0 Å². The number of nitrogens with zero attached hydrogens (tertiary/aromatic N) is 2. The van der Waals surface area contributed by atoms with E-state index >= 15 is 0 Å². The van der Waals surface area contributed by atoms with Gasteiger partial charge >= 0.3 is 0 Å². The van der Waals surface area contributed by atoms with E-state index in [1.807, 2.05) is 7.05 Å². The molecule has 146 valence electrons. The first kappa shape index (κ1) is 20.8. The highest BCUT2D eigenvalue weighted by Gasteiger charge is 2.32. The topological polar surface area (TPSA) is 48.9 Å². The van der Waals surface area contributed by atoms with E-state index in [-0.39, 0.29) is 0 Å². The largest absolute Gasteiger partial charge is 0.381 e. The van der Waals surface area contributed by atoms with Crippen LogP contribution in [-0.4, -0.2) is 74.3 Å². The van der Waals surface area contributed by atoms with Gasteiger partial charge in [-0.1, -0.05) is 13.8 Å². The molecule has 0 aromatic rings. The van der Waals surface area contributed by atoms with Gasteiger partial charge in [0.05, 0.1) is 0 Å². The molecule has 0 saturated carbocycles. The number of hydrogen-bond donors (Lipinski definition) is 2. The van der Waals surface area contributed by atoms with Crippen molar-refractivity contribution < 1.29 is 4.74 Å². The van der Waals surface area contributed by atoms with Gasteiger partial charge in [-0.25, -0.2) is 0 Å². The fraction of sp³-hybridized carbons (Fsp3) is 0.947. The quantitative estimate of drug-likeness (QED) is 0.391. The Morgan fingerprint density at radius 1 is 1.24 bits per heavy atom. The second-order valence-electron chi connectivity index (χ2n) is 7.46. The van der Waals surface area contributed by atoms with E-state index in [1.54, 1.807) is 0 Å². The summed E-state index contributed by atoms with van der Waals surface area (Å²) in [6, 6.07) is 0. The lowest BCUT2D eigenvalue weighted by atomic mass is 9.99. The van der Waals surface area contributed by atoms with Crippen LogP contribution in [0.5, 0.6) is 0 Å². The number of guanidine groups is 1. The normalized spacial score (nSPS) is 22.8. The summed E-state index contributed by atoms with van der Waals surface area (Å²) in [6.07, 6.45) is 6.15. The van der Waals surface area contributed by atoms with Crippen LogP contribution in [0.4, 0.5) is 0 Å². The average Bonchev–Trinajstić information content (AvgIpc) is 2.64. The van der Waals surface area contributed by atoms with Crippen molar-refractivity contribution >= 4 is 17.7 Å². The lowest BCUT2D eigenvalue weighted by Crippen LogP contribution is -2.48. The average molecular weight is 371 g/mol. The van der Waals surface area contributed by atoms with Gasteiger partial charge in [-0.15, -0.1) is 0 Å². The first-order chi connectivity index (χ1) is 12.2. The summed E-state index contributed by atoms with van der Waals surface area (Å²) < 4.78 is 5.86. The molecule has 0 spiro atoms. The van der Waals surface area contributed by atoms with Crippen molar-refractivity contribution in [2.45, 2.75) is 50.7 Å². The Morgan fingerprint density at radius 2 is 1.96 bits per heavy atom. The lowest BCUT2D eigenvalue weighted by Gasteiger charge is -2.37. The molecule has 6 heteroatoms. The summed E-state index contributed by atoms with van der Waals surface area (Å²) in [5, 5.41) is 7.05. The molecule has 25 heavy (non-hydrogen) atoms. The zero-order valence-electron chi connectivity index (χ0n) is 16.5. The molecule has 0 unspecified atom stereocenters. The van der Waals surface area contributed by atoms with Crippen molar-refractivity contribution in [2.75, 3.05) is 58.7 Å². The molecular formula is C19H38N4OS. The molecule has 2 aliphatic heterocycles. The van der Waals surface area contributed by atoms with Crippen LogP contribution >= 0.6 is 11.8 Å². The van der Waals surface area contributed by atoms with Gasteiger partial charge < -0.3 is 20.3 Å². The van der Waals surface area contributed by atoms with Crippen LogP contribution in [0.25, 0.3) is 0 Å². The van der Waals surface area contributed by atoms with Crippen LogP contribution in [0.15, 0.2) is 4.99 Å². The standard InChI is InChI=1S/C19H38N4OS/c1-4-25-19(8-14-24-15-9-19)16-22-18(20-3)21-10-5-11-23-12-6-17(2)7-13-23/h17H,4-16H2,1-3H3,(H2,20,21,22). The zero-order valence-corrected chi connectivity index (χ0v) is 17.3. The minimum atomic E-state index is 0.301. The first-order valence-electron chi connectivity index (χ1n) is 10.1. The van der Waals surface area contributed by atoms with Crippen LogP contribution in [-0.2, 0) is 4.74 Å². The number of aliphatic imine (C=N–C) groups is 1. The van der Waals surface area contributed by atoms with Gasteiger partial charge in [-0.05, 0) is 63.4 Å². The third-order valence-electron chi connectivity index (χ3n) is 5.48. The molecular weight excluding hydrogens is 332 g/mol. The second-order valence-corrected chi connectivity index (χ2v) is 9.19. The number of thioether (sulfide) groups is 1. The molecule has 0 amide bonds. The lowest BCUT2D eigenvalue weighted by molar-refractivity contribution is 0.0782. The predicted molar refractivity (Wildman–Crippen MR) is 110 cm³/mol. The molecule has 0 aromatic heterocycles. The Balaban J connectivity index is 1.64. The maximum absolute atomic E-state index is 5.56. The van der Waals surface area contributed by atoms with Crippen molar-refractivity contribution in [2.24, 2.45) is 10.9 Å². The molecule has 0 aliphatic carbocycles.